The summed E-state index contributed by atoms with van der Waals surface area (Å²) >= 11 is 5.92. The Labute approximate surface area is 116 Å². The molecule has 0 saturated heterocycles. The molecule has 0 fully saturated rings. The Bertz CT molecular complexity index is 589. The second kappa shape index (κ2) is 5.32. The molecule has 0 spiro atoms. The van der Waals surface area contributed by atoms with Gasteiger partial charge in [-0.15, -0.1) is 0 Å². The van der Waals surface area contributed by atoms with Crippen LogP contribution in [0.2, 0.25) is 5.02 Å². The number of aryl methyl sites for hydroxylation is 1. The van der Waals surface area contributed by atoms with Crippen molar-refractivity contribution in [2.45, 2.75) is 6.54 Å². The zero-order valence-electron chi connectivity index (χ0n) is 10.8. The maximum absolute atomic E-state index is 12.3. The number of carbonyl (C=O) groups excluding carboxylic acids is 1. The molecule has 0 aliphatic heterocycles. The van der Waals surface area contributed by atoms with Gasteiger partial charge in [0.1, 0.15) is 5.69 Å². The molecule has 2 aromatic rings. The van der Waals surface area contributed by atoms with Gasteiger partial charge in [0, 0.05) is 25.7 Å². The fraction of sp³-hybridized carbons (Fsp3) is 0.231. The number of nitrogen functional groups attached to an aromatic ring is 1. The Balaban J connectivity index is 2.16. The van der Waals surface area contributed by atoms with Crippen LogP contribution >= 0.6 is 11.6 Å². The molecule has 2 rings (SSSR count). The minimum Gasteiger partial charge on any atom is -0.396 e. The van der Waals surface area contributed by atoms with Gasteiger partial charge in [-0.05, 0) is 17.7 Å². The molecule has 19 heavy (non-hydrogen) atoms. The summed E-state index contributed by atoms with van der Waals surface area (Å²) in [5.41, 5.74) is 7.48. The summed E-state index contributed by atoms with van der Waals surface area (Å²) in [4.78, 5) is 13.9. The van der Waals surface area contributed by atoms with E-state index in [2.05, 4.69) is 5.10 Å². The Morgan fingerprint density at radius 3 is 2.84 bits per heavy atom. The van der Waals surface area contributed by atoms with E-state index in [0.29, 0.717) is 22.9 Å². The molecule has 0 radical (unpaired) electrons. The first kappa shape index (κ1) is 13.4. The summed E-state index contributed by atoms with van der Waals surface area (Å²) in [7, 11) is 3.41. The van der Waals surface area contributed by atoms with Crippen molar-refractivity contribution in [3.63, 3.8) is 0 Å². The third-order valence-electron chi connectivity index (χ3n) is 2.83. The number of benzene rings is 1. The van der Waals surface area contributed by atoms with Gasteiger partial charge in [-0.25, -0.2) is 0 Å². The number of anilines is 1. The van der Waals surface area contributed by atoms with Gasteiger partial charge in [0.15, 0.2) is 0 Å². The fourth-order valence-corrected chi connectivity index (χ4v) is 2.09. The molecule has 0 saturated carbocycles. The molecule has 1 heterocycles. The van der Waals surface area contributed by atoms with Crippen LogP contribution in [0.1, 0.15) is 16.1 Å². The van der Waals surface area contributed by atoms with Gasteiger partial charge >= 0.3 is 0 Å². The molecule has 5 nitrogen and oxygen atoms in total. The second-order valence-electron chi connectivity index (χ2n) is 4.36. The molecule has 0 aliphatic carbocycles. The van der Waals surface area contributed by atoms with E-state index in [-0.39, 0.29) is 5.91 Å². The van der Waals surface area contributed by atoms with E-state index in [1.54, 1.807) is 25.1 Å². The topological polar surface area (TPSA) is 64.2 Å². The Kier molecular flexibility index (Phi) is 3.76. The van der Waals surface area contributed by atoms with Gasteiger partial charge in [0.25, 0.3) is 5.91 Å². The third kappa shape index (κ3) is 2.88. The first-order chi connectivity index (χ1) is 8.99. The third-order valence-corrected chi connectivity index (χ3v) is 3.06. The van der Waals surface area contributed by atoms with Crippen molar-refractivity contribution in [3.8, 4) is 0 Å². The van der Waals surface area contributed by atoms with Crippen molar-refractivity contribution >= 4 is 23.2 Å². The van der Waals surface area contributed by atoms with Crippen LogP contribution in [0, 0.1) is 0 Å². The average Bonchev–Trinajstić information content (AvgIpc) is 2.68. The first-order valence-corrected chi connectivity index (χ1v) is 6.14. The van der Waals surface area contributed by atoms with E-state index in [4.69, 9.17) is 17.3 Å². The minimum atomic E-state index is -0.169. The highest BCUT2D eigenvalue weighted by atomic mass is 35.5. The molecule has 0 atom stereocenters. The monoisotopic (exact) mass is 278 g/mol. The molecule has 0 bridgehead atoms. The second-order valence-corrected chi connectivity index (χ2v) is 4.80. The van der Waals surface area contributed by atoms with E-state index in [0.717, 1.165) is 5.56 Å². The van der Waals surface area contributed by atoms with E-state index < -0.39 is 0 Å². The first-order valence-electron chi connectivity index (χ1n) is 5.76. The standard InChI is InChI=1S/C13H15ClN4O/c1-17(8-9-4-3-5-10(14)6-9)13(19)12-11(15)7-16-18(12)2/h3-7H,8,15H2,1-2H3. The van der Waals surface area contributed by atoms with Crippen LogP contribution in [0.5, 0.6) is 0 Å². The molecule has 0 aliphatic rings. The summed E-state index contributed by atoms with van der Waals surface area (Å²) in [5, 5.41) is 4.62. The van der Waals surface area contributed by atoms with Gasteiger partial charge in [0.05, 0.1) is 11.9 Å². The Hall–Kier alpha value is -2.01. The lowest BCUT2D eigenvalue weighted by atomic mass is 10.2. The number of nitrogens with two attached hydrogens (primary N) is 1. The van der Waals surface area contributed by atoms with Gasteiger partial charge in [-0.2, -0.15) is 5.10 Å². The van der Waals surface area contributed by atoms with Crippen LogP contribution in [0.3, 0.4) is 0 Å². The number of halogens is 1. The zero-order chi connectivity index (χ0) is 14.0. The maximum atomic E-state index is 12.3. The highest BCUT2D eigenvalue weighted by Gasteiger charge is 2.19. The summed E-state index contributed by atoms with van der Waals surface area (Å²) in [5.74, 6) is -0.169. The van der Waals surface area contributed by atoms with Crippen LogP contribution in [0.25, 0.3) is 0 Å². The van der Waals surface area contributed by atoms with Crippen LogP contribution < -0.4 is 5.73 Å². The number of carbonyl (C=O) groups is 1. The molecule has 6 heteroatoms. The van der Waals surface area contributed by atoms with Crippen molar-refractivity contribution in [1.82, 2.24) is 14.7 Å². The van der Waals surface area contributed by atoms with Crippen molar-refractivity contribution in [2.75, 3.05) is 12.8 Å². The van der Waals surface area contributed by atoms with Crippen molar-refractivity contribution < 1.29 is 4.79 Å². The SMILES string of the molecule is CN(Cc1cccc(Cl)c1)C(=O)c1c(N)cnn1C. The molecule has 100 valence electrons. The molecule has 0 unspecified atom stereocenters. The normalized spacial score (nSPS) is 10.5. The lowest BCUT2D eigenvalue weighted by Crippen LogP contribution is -2.28. The molecular weight excluding hydrogens is 264 g/mol. The zero-order valence-corrected chi connectivity index (χ0v) is 11.6. The van der Waals surface area contributed by atoms with Gasteiger partial charge in [-0.3, -0.25) is 9.48 Å². The lowest BCUT2D eigenvalue weighted by molar-refractivity contribution is 0.0775. The Morgan fingerprint density at radius 2 is 2.26 bits per heavy atom. The number of hydrogen-bond donors (Lipinski definition) is 1. The van der Waals surface area contributed by atoms with Crippen LogP contribution in [-0.2, 0) is 13.6 Å². The summed E-state index contributed by atoms with van der Waals surface area (Å²) in [6, 6.07) is 7.40. The lowest BCUT2D eigenvalue weighted by Gasteiger charge is -2.17. The molecule has 1 aromatic heterocycles. The van der Waals surface area contributed by atoms with Crippen LogP contribution in [-0.4, -0.2) is 27.6 Å². The van der Waals surface area contributed by atoms with Gasteiger partial charge < -0.3 is 10.6 Å². The quantitative estimate of drug-likeness (QED) is 0.933. The van der Waals surface area contributed by atoms with E-state index in [1.165, 1.54) is 10.9 Å². The molecule has 1 amide bonds. The van der Waals surface area contributed by atoms with Crippen LogP contribution in [0.4, 0.5) is 5.69 Å². The van der Waals surface area contributed by atoms with Crippen molar-refractivity contribution in [2.24, 2.45) is 7.05 Å². The largest absolute Gasteiger partial charge is 0.396 e. The maximum Gasteiger partial charge on any atom is 0.274 e. The van der Waals surface area contributed by atoms with E-state index >= 15 is 0 Å². The predicted molar refractivity (Wildman–Crippen MR) is 74.9 cm³/mol. The van der Waals surface area contributed by atoms with Crippen molar-refractivity contribution in [1.29, 1.82) is 0 Å². The highest BCUT2D eigenvalue weighted by Crippen LogP contribution is 2.15. The summed E-state index contributed by atoms with van der Waals surface area (Å²) in [6.45, 7) is 0.462. The average molecular weight is 279 g/mol. The number of nitrogens with zero attached hydrogens (tertiary/aromatic N) is 3. The minimum absolute atomic E-state index is 0.169. The number of rotatable bonds is 3. The molecule has 2 N–H and O–H groups in total. The number of amides is 1. The Morgan fingerprint density at radius 1 is 1.53 bits per heavy atom. The smallest absolute Gasteiger partial charge is 0.274 e. The predicted octanol–water partition coefficient (Wildman–Crippen LogP) is 1.93. The molecular formula is C13H15ClN4O. The van der Waals surface area contributed by atoms with Gasteiger partial charge in [-0.1, -0.05) is 23.7 Å². The number of hydrogen-bond acceptors (Lipinski definition) is 3. The van der Waals surface area contributed by atoms with E-state index in [9.17, 15) is 4.79 Å². The van der Waals surface area contributed by atoms with Crippen LogP contribution in [0.15, 0.2) is 30.5 Å². The van der Waals surface area contributed by atoms with Crippen molar-refractivity contribution in [3.05, 3.63) is 46.7 Å². The number of aromatic nitrogens is 2. The summed E-state index contributed by atoms with van der Waals surface area (Å²) in [6.07, 6.45) is 1.47. The van der Waals surface area contributed by atoms with E-state index in [1.807, 2.05) is 18.2 Å². The summed E-state index contributed by atoms with van der Waals surface area (Å²) < 4.78 is 1.48. The fourth-order valence-electron chi connectivity index (χ4n) is 1.88. The van der Waals surface area contributed by atoms with Gasteiger partial charge in [0.2, 0.25) is 0 Å². The highest BCUT2D eigenvalue weighted by molar-refractivity contribution is 6.30. The molecule has 1 aromatic carbocycles.